The summed E-state index contributed by atoms with van der Waals surface area (Å²) in [6.07, 6.45) is 21.0. The van der Waals surface area contributed by atoms with Gasteiger partial charge in [0.2, 0.25) is 0 Å². The average Bonchev–Trinajstić information content (AvgIpc) is 2.86. The SMILES string of the molecule is C=CC(=O)OC(CCCCCCCC)CC(CCC)CCCCC.O=C(O)C1CCCC(C(=O)O)C1. The van der Waals surface area contributed by atoms with Gasteiger partial charge >= 0.3 is 17.9 Å². The van der Waals surface area contributed by atoms with Crippen molar-refractivity contribution in [3.8, 4) is 0 Å². The van der Waals surface area contributed by atoms with Gasteiger partial charge in [0.1, 0.15) is 6.10 Å². The van der Waals surface area contributed by atoms with E-state index in [1.807, 2.05) is 0 Å². The van der Waals surface area contributed by atoms with Gasteiger partial charge in [-0.05, 0) is 44.4 Å². The van der Waals surface area contributed by atoms with Gasteiger partial charge in [0.15, 0.2) is 0 Å². The van der Waals surface area contributed by atoms with E-state index in [1.165, 1.54) is 83.1 Å². The Kier molecular flexibility index (Phi) is 21.2. The molecule has 0 saturated heterocycles. The highest BCUT2D eigenvalue weighted by Crippen LogP contribution is 2.29. The van der Waals surface area contributed by atoms with Gasteiger partial charge < -0.3 is 14.9 Å². The predicted molar refractivity (Wildman–Crippen MR) is 146 cm³/mol. The summed E-state index contributed by atoms with van der Waals surface area (Å²) in [5.74, 6) is -2.17. The number of carbonyl (C=O) groups is 3. The molecule has 1 aliphatic rings. The maximum Gasteiger partial charge on any atom is 0.330 e. The first-order valence-electron chi connectivity index (χ1n) is 14.6. The van der Waals surface area contributed by atoms with E-state index in [0.29, 0.717) is 31.6 Å². The molecular formula is C30H54O6. The molecule has 0 radical (unpaired) electrons. The summed E-state index contributed by atoms with van der Waals surface area (Å²) in [6, 6.07) is 0. The first kappa shape index (κ1) is 34.1. The van der Waals surface area contributed by atoms with Gasteiger partial charge in [0, 0.05) is 6.08 Å². The van der Waals surface area contributed by atoms with Crippen molar-refractivity contribution in [1.29, 1.82) is 0 Å². The Labute approximate surface area is 220 Å². The van der Waals surface area contributed by atoms with Crippen molar-refractivity contribution in [2.24, 2.45) is 17.8 Å². The third kappa shape index (κ3) is 17.6. The number of aliphatic carboxylic acids is 2. The second kappa shape index (κ2) is 22.4. The Balaban J connectivity index is 0.000000846. The van der Waals surface area contributed by atoms with Crippen LogP contribution < -0.4 is 0 Å². The van der Waals surface area contributed by atoms with E-state index in [1.54, 1.807) is 0 Å². The zero-order chi connectivity index (χ0) is 27.2. The third-order valence-electron chi connectivity index (χ3n) is 7.21. The fourth-order valence-corrected chi connectivity index (χ4v) is 5.07. The molecule has 4 unspecified atom stereocenters. The van der Waals surface area contributed by atoms with E-state index in [2.05, 4.69) is 27.4 Å². The maximum atomic E-state index is 11.7. The first-order chi connectivity index (χ1) is 17.3. The van der Waals surface area contributed by atoms with Gasteiger partial charge in [-0.25, -0.2) is 4.79 Å². The largest absolute Gasteiger partial charge is 0.481 e. The van der Waals surface area contributed by atoms with Crippen LogP contribution in [0.15, 0.2) is 12.7 Å². The summed E-state index contributed by atoms with van der Waals surface area (Å²) >= 11 is 0. The Bertz CT molecular complexity index is 582. The maximum absolute atomic E-state index is 11.7. The Morgan fingerprint density at radius 1 is 0.806 bits per heavy atom. The van der Waals surface area contributed by atoms with Crippen LogP contribution in [0.3, 0.4) is 0 Å². The molecule has 6 heteroatoms. The van der Waals surface area contributed by atoms with E-state index >= 15 is 0 Å². The lowest BCUT2D eigenvalue weighted by atomic mass is 9.81. The number of unbranched alkanes of at least 4 members (excludes halogenated alkanes) is 7. The molecule has 4 atom stereocenters. The Hall–Kier alpha value is -1.85. The van der Waals surface area contributed by atoms with Crippen LogP contribution in [0.4, 0.5) is 0 Å². The second-order valence-corrected chi connectivity index (χ2v) is 10.4. The Morgan fingerprint density at radius 3 is 1.86 bits per heavy atom. The predicted octanol–water partition coefficient (Wildman–Crippen LogP) is 8.18. The van der Waals surface area contributed by atoms with Gasteiger partial charge in [0.05, 0.1) is 11.8 Å². The molecule has 0 bridgehead atoms. The Morgan fingerprint density at radius 2 is 1.33 bits per heavy atom. The van der Waals surface area contributed by atoms with E-state index < -0.39 is 23.8 Å². The molecule has 1 rings (SSSR count). The molecule has 0 aliphatic heterocycles. The van der Waals surface area contributed by atoms with E-state index in [4.69, 9.17) is 14.9 Å². The zero-order valence-corrected chi connectivity index (χ0v) is 23.3. The van der Waals surface area contributed by atoms with Gasteiger partial charge in [-0.2, -0.15) is 0 Å². The fraction of sp³-hybridized carbons (Fsp3) is 0.833. The van der Waals surface area contributed by atoms with Crippen LogP contribution in [0.1, 0.15) is 136 Å². The molecule has 0 spiro atoms. The standard InChI is InChI=1S/C22H42O2.C8H12O4/c1-5-9-11-12-13-15-18-21(24-22(23)8-4)19-20(16-7-3)17-14-10-6-2;9-7(10)5-2-1-3-6(4-5)8(11)12/h8,20-21H,4-7,9-19H2,1-3H3;5-6H,1-4H2,(H,9,10)(H,11,12). The summed E-state index contributed by atoms with van der Waals surface area (Å²) in [5.41, 5.74) is 0. The molecule has 36 heavy (non-hydrogen) atoms. The molecule has 210 valence electrons. The molecule has 0 amide bonds. The van der Waals surface area contributed by atoms with Crippen molar-refractivity contribution in [1.82, 2.24) is 0 Å². The monoisotopic (exact) mass is 510 g/mol. The number of carboxylic acid groups (broad SMARTS) is 2. The molecule has 6 nitrogen and oxygen atoms in total. The van der Waals surface area contributed by atoms with Crippen LogP contribution in [0.25, 0.3) is 0 Å². The minimum atomic E-state index is -0.860. The summed E-state index contributed by atoms with van der Waals surface area (Å²) in [5, 5.41) is 17.3. The second-order valence-electron chi connectivity index (χ2n) is 10.4. The van der Waals surface area contributed by atoms with E-state index in [9.17, 15) is 14.4 Å². The zero-order valence-electron chi connectivity index (χ0n) is 23.3. The van der Waals surface area contributed by atoms with Crippen LogP contribution in [-0.4, -0.2) is 34.2 Å². The molecule has 1 aliphatic carbocycles. The number of esters is 1. The van der Waals surface area contributed by atoms with Crippen molar-refractivity contribution in [3.05, 3.63) is 12.7 Å². The topological polar surface area (TPSA) is 101 Å². The summed E-state index contributed by atoms with van der Waals surface area (Å²) in [6.45, 7) is 10.3. The number of hydrogen-bond acceptors (Lipinski definition) is 4. The van der Waals surface area contributed by atoms with Crippen molar-refractivity contribution in [3.63, 3.8) is 0 Å². The lowest BCUT2D eigenvalue weighted by Gasteiger charge is -2.23. The lowest BCUT2D eigenvalue weighted by Crippen LogP contribution is -2.26. The smallest absolute Gasteiger partial charge is 0.330 e. The highest BCUT2D eigenvalue weighted by molar-refractivity contribution is 5.81. The molecule has 0 aromatic heterocycles. The van der Waals surface area contributed by atoms with Crippen molar-refractivity contribution < 1.29 is 29.3 Å². The molecule has 0 aromatic carbocycles. The van der Waals surface area contributed by atoms with Gasteiger partial charge in [0.25, 0.3) is 0 Å². The number of carboxylic acids is 2. The van der Waals surface area contributed by atoms with Gasteiger partial charge in [-0.3, -0.25) is 9.59 Å². The molecule has 1 fully saturated rings. The van der Waals surface area contributed by atoms with Crippen LogP contribution >= 0.6 is 0 Å². The van der Waals surface area contributed by atoms with Crippen LogP contribution in [0.5, 0.6) is 0 Å². The number of rotatable bonds is 19. The lowest BCUT2D eigenvalue weighted by molar-refractivity contribution is -0.148. The molecule has 0 aromatic rings. The van der Waals surface area contributed by atoms with Gasteiger partial charge in [-0.1, -0.05) is 104 Å². The van der Waals surface area contributed by atoms with E-state index in [0.717, 1.165) is 12.8 Å². The van der Waals surface area contributed by atoms with Crippen LogP contribution in [-0.2, 0) is 19.1 Å². The summed E-state index contributed by atoms with van der Waals surface area (Å²) in [4.78, 5) is 32.7. The average molecular weight is 511 g/mol. The van der Waals surface area contributed by atoms with Gasteiger partial charge in [-0.15, -0.1) is 0 Å². The van der Waals surface area contributed by atoms with Crippen LogP contribution in [0.2, 0.25) is 0 Å². The molecule has 1 saturated carbocycles. The first-order valence-corrected chi connectivity index (χ1v) is 14.6. The highest BCUT2D eigenvalue weighted by Gasteiger charge is 2.30. The molecular weight excluding hydrogens is 456 g/mol. The molecule has 2 N–H and O–H groups in total. The third-order valence-corrected chi connectivity index (χ3v) is 7.21. The van der Waals surface area contributed by atoms with Crippen molar-refractivity contribution in [2.75, 3.05) is 0 Å². The normalized spacial score (nSPS) is 18.9. The molecule has 0 heterocycles. The minimum Gasteiger partial charge on any atom is -0.481 e. The van der Waals surface area contributed by atoms with E-state index in [-0.39, 0.29) is 12.1 Å². The quantitative estimate of drug-likeness (QED) is 0.103. The fourth-order valence-electron chi connectivity index (χ4n) is 5.07. The van der Waals surface area contributed by atoms with Crippen molar-refractivity contribution in [2.45, 2.75) is 142 Å². The summed E-state index contributed by atoms with van der Waals surface area (Å²) in [7, 11) is 0. The van der Waals surface area contributed by atoms with Crippen molar-refractivity contribution >= 4 is 17.9 Å². The summed E-state index contributed by atoms with van der Waals surface area (Å²) < 4.78 is 5.65. The number of ether oxygens (including phenoxy) is 1. The van der Waals surface area contributed by atoms with Crippen LogP contribution in [0, 0.1) is 17.8 Å². The highest BCUT2D eigenvalue weighted by atomic mass is 16.5. The number of carbonyl (C=O) groups excluding carboxylic acids is 1. The minimum absolute atomic E-state index is 0.0832. The number of hydrogen-bond donors (Lipinski definition) is 2.